The van der Waals surface area contributed by atoms with Crippen LogP contribution in [0.1, 0.15) is 58.9 Å². The van der Waals surface area contributed by atoms with Gasteiger partial charge in [0, 0.05) is 9.35 Å². The molecule has 0 spiro atoms. The van der Waals surface area contributed by atoms with E-state index in [1.165, 1.54) is 48.1 Å². The van der Waals surface area contributed by atoms with Crippen molar-refractivity contribution >= 4 is 59.1 Å². The van der Waals surface area contributed by atoms with Gasteiger partial charge in [-0.2, -0.15) is 0 Å². The van der Waals surface area contributed by atoms with Crippen molar-refractivity contribution in [2.45, 2.75) is 42.8 Å². The van der Waals surface area contributed by atoms with Crippen molar-refractivity contribution < 1.29 is 0 Å². The van der Waals surface area contributed by atoms with Gasteiger partial charge in [-0.15, -0.1) is 11.3 Å². The van der Waals surface area contributed by atoms with E-state index in [0.29, 0.717) is 0 Å². The van der Waals surface area contributed by atoms with Crippen LogP contribution in [0.5, 0.6) is 0 Å². The molecule has 0 bridgehead atoms. The first kappa shape index (κ1) is 16.2. The number of thiophene rings is 1. The Morgan fingerprint density at radius 3 is 2.24 bits per heavy atom. The second kappa shape index (κ2) is 7.29. The van der Waals surface area contributed by atoms with E-state index in [0.717, 1.165) is 14.2 Å². The van der Waals surface area contributed by atoms with Crippen LogP contribution in [0.15, 0.2) is 38.6 Å². The first-order valence-corrected chi connectivity index (χ1v) is 10.7. The van der Waals surface area contributed by atoms with Gasteiger partial charge in [0.2, 0.25) is 0 Å². The largest absolute Gasteiger partial charge is 0.131 e. The van der Waals surface area contributed by atoms with Gasteiger partial charge in [0.25, 0.3) is 0 Å². The molecular weight excluding hydrogens is 476 g/mol. The minimum absolute atomic E-state index is 0.269. The minimum Gasteiger partial charge on any atom is -0.131 e. The van der Waals surface area contributed by atoms with Crippen LogP contribution in [0.2, 0.25) is 0 Å². The third kappa shape index (κ3) is 3.82. The summed E-state index contributed by atoms with van der Waals surface area (Å²) in [7, 11) is 0. The van der Waals surface area contributed by atoms with Gasteiger partial charge in [0.05, 0.1) is 8.61 Å². The predicted octanol–water partition coefficient (Wildman–Crippen LogP) is 7.81. The van der Waals surface area contributed by atoms with Crippen molar-refractivity contribution in [1.82, 2.24) is 0 Å². The zero-order chi connectivity index (χ0) is 14.8. The Morgan fingerprint density at radius 2 is 1.67 bits per heavy atom. The summed E-state index contributed by atoms with van der Waals surface area (Å²) in [4.78, 5) is 1.59. The van der Waals surface area contributed by atoms with E-state index in [-0.39, 0.29) is 4.83 Å². The highest BCUT2D eigenvalue weighted by Crippen LogP contribution is 2.42. The molecule has 2 aromatic rings. The van der Waals surface area contributed by atoms with Crippen molar-refractivity contribution in [1.29, 1.82) is 0 Å². The first-order chi connectivity index (χ1) is 10.1. The number of hydrogen-bond donors (Lipinski definition) is 0. The molecule has 1 fully saturated rings. The Hall–Kier alpha value is 0.360. The zero-order valence-electron chi connectivity index (χ0n) is 11.6. The molecule has 112 valence electrons. The fraction of sp³-hybridized carbons (Fsp3) is 0.412. The van der Waals surface area contributed by atoms with E-state index in [1.54, 1.807) is 11.3 Å². The highest BCUT2D eigenvalue weighted by Gasteiger charge is 2.18. The van der Waals surface area contributed by atoms with Crippen molar-refractivity contribution in [2.75, 3.05) is 0 Å². The van der Waals surface area contributed by atoms with Crippen molar-refractivity contribution in [2.24, 2.45) is 0 Å². The molecule has 0 radical (unpaired) electrons. The second-order valence-corrected chi connectivity index (χ2v) is 9.81. The molecule has 0 saturated heterocycles. The summed E-state index contributed by atoms with van der Waals surface area (Å²) in [6, 6.07) is 11.4. The molecule has 1 atom stereocenters. The predicted molar refractivity (Wildman–Crippen MR) is 103 cm³/mol. The molecule has 3 rings (SSSR count). The van der Waals surface area contributed by atoms with E-state index in [1.807, 2.05) is 0 Å². The van der Waals surface area contributed by atoms with E-state index < -0.39 is 0 Å². The topological polar surface area (TPSA) is 0 Å². The Balaban J connectivity index is 1.76. The molecule has 0 aliphatic heterocycles. The van der Waals surface area contributed by atoms with Gasteiger partial charge in [0.1, 0.15) is 0 Å². The van der Waals surface area contributed by atoms with Gasteiger partial charge in [-0.25, -0.2) is 0 Å². The van der Waals surface area contributed by atoms with Gasteiger partial charge in [-0.05, 0) is 67.8 Å². The highest BCUT2D eigenvalue weighted by atomic mass is 79.9. The van der Waals surface area contributed by atoms with Gasteiger partial charge in [-0.1, -0.05) is 59.5 Å². The lowest BCUT2D eigenvalue weighted by Crippen LogP contribution is -2.04. The molecular formula is C17H17Br3S. The van der Waals surface area contributed by atoms with E-state index in [2.05, 4.69) is 78.1 Å². The standard InChI is InChI=1S/C17H17Br3S/c18-14-10-15(21-17(14)20)16(19)13-8-6-12(7-9-13)11-4-2-1-3-5-11/h6-11,16H,1-5H2. The summed E-state index contributed by atoms with van der Waals surface area (Å²) in [5, 5.41) is 0. The monoisotopic (exact) mass is 490 g/mol. The lowest BCUT2D eigenvalue weighted by molar-refractivity contribution is 0.443. The smallest absolute Gasteiger partial charge is 0.0843 e. The molecule has 1 aromatic carbocycles. The number of alkyl halides is 1. The quantitative estimate of drug-likeness (QED) is 0.383. The molecule has 4 heteroatoms. The first-order valence-electron chi connectivity index (χ1n) is 7.34. The normalized spacial score (nSPS) is 17.9. The number of benzene rings is 1. The molecule has 1 saturated carbocycles. The molecule has 1 heterocycles. The minimum atomic E-state index is 0.269. The maximum atomic E-state index is 3.83. The Kier molecular flexibility index (Phi) is 5.63. The van der Waals surface area contributed by atoms with Gasteiger partial charge in [-0.3, -0.25) is 0 Å². The molecule has 1 aliphatic carbocycles. The maximum absolute atomic E-state index is 3.83. The summed E-state index contributed by atoms with van der Waals surface area (Å²) in [6.45, 7) is 0. The summed E-state index contributed by atoms with van der Waals surface area (Å²) in [6.07, 6.45) is 6.93. The van der Waals surface area contributed by atoms with Gasteiger partial charge in [0.15, 0.2) is 0 Å². The third-order valence-corrected chi connectivity index (χ3v) is 8.87. The summed E-state index contributed by atoms with van der Waals surface area (Å²) >= 11 is 12.7. The van der Waals surface area contributed by atoms with Crippen LogP contribution in [0, 0.1) is 0 Å². The molecule has 1 aromatic heterocycles. The summed E-state index contributed by atoms with van der Waals surface area (Å²) < 4.78 is 2.28. The van der Waals surface area contributed by atoms with Crippen LogP contribution in [0.25, 0.3) is 0 Å². The lowest BCUT2D eigenvalue weighted by atomic mass is 9.84. The van der Waals surface area contributed by atoms with E-state index in [4.69, 9.17) is 0 Å². The van der Waals surface area contributed by atoms with Crippen LogP contribution in [-0.4, -0.2) is 0 Å². The van der Waals surface area contributed by atoms with Gasteiger partial charge >= 0.3 is 0 Å². The molecule has 1 unspecified atom stereocenters. The molecule has 0 N–H and O–H groups in total. The van der Waals surface area contributed by atoms with E-state index in [9.17, 15) is 0 Å². The maximum Gasteiger partial charge on any atom is 0.0843 e. The fourth-order valence-corrected chi connectivity index (χ4v) is 5.84. The Bertz CT molecular complexity index is 577. The molecule has 0 nitrogen and oxygen atoms in total. The van der Waals surface area contributed by atoms with Crippen molar-refractivity contribution in [3.8, 4) is 0 Å². The Morgan fingerprint density at radius 1 is 1.00 bits per heavy atom. The van der Waals surface area contributed by atoms with Crippen LogP contribution in [0.4, 0.5) is 0 Å². The highest BCUT2D eigenvalue weighted by molar-refractivity contribution is 9.13. The fourth-order valence-electron chi connectivity index (χ4n) is 3.03. The van der Waals surface area contributed by atoms with Crippen LogP contribution in [-0.2, 0) is 0 Å². The van der Waals surface area contributed by atoms with E-state index >= 15 is 0 Å². The Labute approximate surface area is 155 Å². The number of halogens is 3. The van der Waals surface area contributed by atoms with Crippen molar-refractivity contribution in [3.05, 3.63) is 54.6 Å². The molecule has 0 amide bonds. The van der Waals surface area contributed by atoms with Crippen LogP contribution >= 0.6 is 59.1 Å². The second-order valence-electron chi connectivity index (χ2n) is 5.63. The SMILES string of the molecule is Brc1cc(C(Br)c2ccc(C3CCCCC3)cc2)sc1Br. The average Bonchev–Trinajstić information content (AvgIpc) is 2.87. The van der Waals surface area contributed by atoms with Crippen molar-refractivity contribution in [3.63, 3.8) is 0 Å². The molecule has 21 heavy (non-hydrogen) atoms. The average molecular weight is 493 g/mol. The van der Waals surface area contributed by atoms with Crippen LogP contribution < -0.4 is 0 Å². The summed E-state index contributed by atoms with van der Waals surface area (Å²) in [5.41, 5.74) is 2.85. The lowest BCUT2D eigenvalue weighted by Gasteiger charge is -2.22. The zero-order valence-corrected chi connectivity index (χ0v) is 17.2. The number of rotatable bonds is 3. The third-order valence-electron chi connectivity index (χ3n) is 4.22. The molecule has 1 aliphatic rings. The van der Waals surface area contributed by atoms with Gasteiger partial charge < -0.3 is 0 Å². The van der Waals surface area contributed by atoms with Crippen LogP contribution in [0.3, 0.4) is 0 Å². The summed E-state index contributed by atoms with van der Waals surface area (Å²) in [5.74, 6) is 0.784. The number of hydrogen-bond acceptors (Lipinski definition) is 1.